The molecule has 6 rings (SSSR count). The van der Waals surface area contributed by atoms with Crippen LogP contribution in [0.3, 0.4) is 0 Å². The van der Waals surface area contributed by atoms with E-state index in [4.69, 9.17) is 4.74 Å². The number of ether oxygens (including phenoxy) is 1. The Hall–Kier alpha value is -2.78. The van der Waals surface area contributed by atoms with Crippen LogP contribution in [0.15, 0.2) is 78.9 Å². The Morgan fingerprint density at radius 2 is 1.54 bits per heavy atom. The SMILES string of the molecule is COc1ccc(N(C)C(=O)C(F)(F)F)cc1CN[C@H]1C2CCN(CC2)[C@H]1C(c1ccccc1)c1ccccc1.Cl.Cl. The first-order chi connectivity index (χ1) is 18.8. The Morgan fingerprint density at radius 1 is 0.976 bits per heavy atom. The number of carbonyl (C=O) groups is 1. The van der Waals surface area contributed by atoms with Gasteiger partial charge in [0.1, 0.15) is 5.75 Å². The highest BCUT2D eigenvalue weighted by Crippen LogP contribution is 2.42. The summed E-state index contributed by atoms with van der Waals surface area (Å²) >= 11 is 0. The minimum Gasteiger partial charge on any atom is -0.496 e. The summed E-state index contributed by atoms with van der Waals surface area (Å²) in [6.07, 6.45) is -2.74. The molecule has 2 atom stereocenters. The lowest BCUT2D eigenvalue weighted by molar-refractivity contribution is -0.170. The minimum absolute atomic E-state index is 0. The first-order valence-electron chi connectivity index (χ1n) is 13.4. The predicted octanol–water partition coefficient (Wildman–Crippen LogP) is 6.45. The van der Waals surface area contributed by atoms with Gasteiger partial charge in [-0.3, -0.25) is 9.69 Å². The highest BCUT2D eigenvalue weighted by molar-refractivity contribution is 5.96. The third-order valence-electron chi connectivity index (χ3n) is 8.26. The highest BCUT2D eigenvalue weighted by atomic mass is 35.5. The van der Waals surface area contributed by atoms with Crippen LogP contribution in [0.25, 0.3) is 0 Å². The number of benzene rings is 3. The molecule has 0 saturated carbocycles. The number of hydrogen-bond acceptors (Lipinski definition) is 4. The molecule has 1 N–H and O–H groups in total. The number of anilines is 1. The molecule has 5 nitrogen and oxygen atoms in total. The van der Waals surface area contributed by atoms with E-state index < -0.39 is 12.1 Å². The number of fused-ring (bicyclic) bond motifs is 3. The molecule has 10 heteroatoms. The van der Waals surface area contributed by atoms with E-state index in [-0.39, 0.29) is 48.5 Å². The van der Waals surface area contributed by atoms with Crippen molar-refractivity contribution in [2.24, 2.45) is 5.92 Å². The molecule has 3 heterocycles. The van der Waals surface area contributed by atoms with E-state index in [0.717, 1.165) is 33.0 Å². The quantitative estimate of drug-likeness (QED) is 0.319. The molecule has 1 amide bonds. The van der Waals surface area contributed by atoms with Crippen LogP contribution in [0.4, 0.5) is 18.9 Å². The summed E-state index contributed by atoms with van der Waals surface area (Å²) in [5.41, 5.74) is 3.41. The number of halogens is 5. The van der Waals surface area contributed by atoms with Crippen LogP contribution < -0.4 is 15.0 Å². The molecule has 0 spiro atoms. The molecular formula is C31H36Cl2F3N3O2. The van der Waals surface area contributed by atoms with E-state index in [9.17, 15) is 18.0 Å². The summed E-state index contributed by atoms with van der Waals surface area (Å²) in [6.45, 7) is 2.51. The molecule has 3 aromatic rings. The van der Waals surface area contributed by atoms with Gasteiger partial charge in [0.2, 0.25) is 0 Å². The van der Waals surface area contributed by atoms with Crippen molar-refractivity contribution < 1.29 is 22.7 Å². The normalized spacial score (nSPS) is 21.5. The molecule has 2 bridgehead atoms. The second-order valence-corrected chi connectivity index (χ2v) is 10.4. The molecule has 3 saturated heterocycles. The van der Waals surface area contributed by atoms with Crippen molar-refractivity contribution in [3.8, 4) is 5.75 Å². The van der Waals surface area contributed by atoms with Crippen LogP contribution >= 0.6 is 24.8 Å². The fourth-order valence-corrected chi connectivity index (χ4v) is 6.34. The number of nitrogens with one attached hydrogen (secondary N) is 1. The maximum Gasteiger partial charge on any atom is 0.471 e. The molecule has 3 aliphatic heterocycles. The van der Waals surface area contributed by atoms with Gasteiger partial charge in [-0.1, -0.05) is 60.7 Å². The summed E-state index contributed by atoms with van der Waals surface area (Å²) < 4.78 is 44.8. The average Bonchev–Trinajstić information content (AvgIpc) is 2.97. The van der Waals surface area contributed by atoms with Crippen LogP contribution in [0.1, 0.15) is 35.4 Å². The van der Waals surface area contributed by atoms with E-state index in [1.54, 1.807) is 19.2 Å². The van der Waals surface area contributed by atoms with Crippen LogP contribution in [0, 0.1) is 5.92 Å². The first-order valence-corrected chi connectivity index (χ1v) is 13.4. The van der Waals surface area contributed by atoms with E-state index in [2.05, 4.69) is 58.7 Å². The minimum atomic E-state index is -4.94. The molecule has 0 unspecified atom stereocenters. The van der Waals surface area contributed by atoms with Crippen molar-refractivity contribution in [2.45, 2.75) is 43.6 Å². The van der Waals surface area contributed by atoms with Gasteiger partial charge >= 0.3 is 12.1 Å². The average molecular weight is 611 g/mol. The highest BCUT2D eigenvalue weighted by Gasteiger charge is 2.46. The largest absolute Gasteiger partial charge is 0.496 e. The van der Waals surface area contributed by atoms with Gasteiger partial charge in [0.05, 0.1) is 7.11 Å². The number of rotatable bonds is 8. The van der Waals surface area contributed by atoms with Crippen molar-refractivity contribution in [1.82, 2.24) is 10.2 Å². The molecule has 0 aromatic heterocycles. The molecule has 41 heavy (non-hydrogen) atoms. The number of methoxy groups -OCH3 is 1. The Kier molecular flexibility index (Phi) is 11.1. The summed E-state index contributed by atoms with van der Waals surface area (Å²) in [5.74, 6) is -0.687. The second-order valence-electron chi connectivity index (χ2n) is 10.4. The Bertz CT molecular complexity index is 1230. The standard InChI is InChI=1S/C31H34F3N3O2.2ClH/c1-36(30(38)31(32,33)34)25-13-14-26(39-2)24(19-25)20-35-28-23-15-17-37(18-16-23)29(28)27(21-9-5-3-6-10-21)22-11-7-4-8-12-22;;/h3-14,19,23,27-29,35H,15-18,20H2,1-2H3;2*1H/t28-,29-;;/m0../s1. The number of piperidine rings is 3. The molecule has 0 aliphatic carbocycles. The monoisotopic (exact) mass is 609 g/mol. The van der Waals surface area contributed by atoms with E-state index >= 15 is 0 Å². The molecule has 3 aromatic carbocycles. The Labute approximate surface area is 251 Å². The van der Waals surface area contributed by atoms with Crippen LogP contribution in [-0.4, -0.2) is 56.3 Å². The van der Waals surface area contributed by atoms with E-state index in [0.29, 0.717) is 28.7 Å². The summed E-state index contributed by atoms with van der Waals surface area (Å²) in [5, 5.41) is 3.79. The van der Waals surface area contributed by atoms with E-state index in [1.807, 2.05) is 12.1 Å². The van der Waals surface area contributed by atoms with Crippen molar-refractivity contribution in [3.05, 3.63) is 95.6 Å². The van der Waals surface area contributed by atoms with Gasteiger partial charge in [0.15, 0.2) is 0 Å². The third-order valence-corrected chi connectivity index (χ3v) is 8.26. The van der Waals surface area contributed by atoms with Gasteiger partial charge in [-0.05, 0) is 61.2 Å². The smallest absolute Gasteiger partial charge is 0.471 e. The first kappa shape index (κ1) is 32.7. The number of carbonyl (C=O) groups excluding carboxylic acids is 1. The lowest BCUT2D eigenvalue weighted by atomic mass is 9.70. The van der Waals surface area contributed by atoms with Gasteiger partial charge in [0, 0.05) is 42.8 Å². The van der Waals surface area contributed by atoms with Crippen LogP contribution in [-0.2, 0) is 11.3 Å². The topological polar surface area (TPSA) is 44.8 Å². The van der Waals surface area contributed by atoms with Crippen molar-refractivity contribution >= 4 is 36.4 Å². The summed E-state index contributed by atoms with van der Waals surface area (Å²) in [6, 6.07) is 26.3. The van der Waals surface area contributed by atoms with Gasteiger partial charge in [-0.25, -0.2) is 0 Å². The Morgan fingerprint density at radius 3 is 2.05 bits per heavy atom. The number of amides is 1. The van der Waals surface area contributed by atoms with Gasteiger partial charge in [-0.2, -0.15) is 13.2 Å². The van der Waals surface area contributed by atoms with Crippen LogP contribution in [0.2, 0.25) is 0 Å². The lowest BCUT2D eigenvalue weighted by Gasteiger charge is -2.54. The fraction of sp³-hybridized carbons (Fsp3) is 0.387. The number of alkyl halides is 3. The van der Waals surface area contributed by atoms with Gasteiger partial charge in [0.25, 0.3) is 0 Å². The molecule has 3 fully saturated rings. The van der Waals surface area contributed by atoms with Gasteiger partial charge < -0.3 is 15.0 Å². The number of hydrogen-bond donors (Lipinski definition) is 1. The predicted molar refractivity (Wildman–Crippen MR) is 160 cm³/mol. The lowest BCUT2D eigenvalue weighted by Crippen LogP contribution is -2.64. The maximum absolute atomic E-state index is 13.1. The molecule has 222 valence electrons. The third kappa shape index (κ3) is 7.00. The maximum atomic E-state index is 13.1. The van der Waals surface area contributed by atoms with E-state index in [1.165, 1.54) is 17.2 Å². The zero-order valence-corrected chi connectivity index (χ0v) is 24.6. The fourth-order valence-electron chi connectivity index (χ4n) is 6.34. The van der Waals surface area contributed by atoms with Gasteiger partial charge in [-0.15, -0.1) is 24.8 Å². The second kappa shape index (κ2) is 13.9. The van der Waals surface area contributed by atoms with Crippen LogP contribution in [0.5, 0.6) is 5.75 Å². The zero-order valence-electron chi connectivity index (χ0n) is 23.0. The Balaban J connectivity index is 0.00000231. The number of nitrogens with zero attached hydrogens (tertiary/aromatic N) is 2. The molecular weight excluding hydrogens is 574 g/mol. The van der Waals surface area contributed by atoms with Crippen molar-refractivity contribution in [1.29, 1.82) is 0 Å². The van der Waals surface area contributed by atoms with Crippen molar-refractivity contribution in [3.63, 3.8) is 0 Å². The zero-order chi connectivity index (χ0) is 27.6. The molecule has 0 radical (unpaired) electrons. The van der Waals surface area contributed by atoms with Crippen molar-refractivity contribution in [2.75, 3.05) is 32.1 Å². The molecule has 3 aliphatic rings. The summed E-state index contributed by atoms with van der Waals surface area (Å²) in [4.78, 5) is 15.1. The summed E-state index contributed by atoms with van der Waals surface area (Å²) in [7, 11) is 2.68.